The number of aliphatic hydroxyl groups is 1. The largest absolute Gasteiger partial charge is 0.513 e. The number of hydrogen-bond acceptors (Lipinski definition) is 1. The molecule has 1 N–H and O–H groups in total. The van der Waals surface area contributed by atoms with Crippen molar-refractivity contribution in [1.82, 2.24) is 0 Å². The van der Waals surface area contributed by atoms with Gasteiger partial charge in [-0.25, -0.2) is 0 Å². The van der Waals surface area contributed by atoms with E-state index in [2.05, 4.69) is 27.4 Å². The maximum absolute atomic E-state index is 9.62. The van der Waals surface area contributed by atoms with Gasteiger partial charge in [-0.3, -0.25) is 0 Å². The molecule has 88 valence electrons. The monoisotopic (exact) mass is 230 g/mol. The summed E-state index contributed by atoms with van der Waals surface area (Å²) in [5.41, 5.74) is -0.451. The Morgan fingerprint density at radius 1 is 1.47 bits per heavy atom. The van der Waals surface area contributed by atoms with Crippen LogP contribution in [0.3, 0.4) is 0 Å². The van der Waals surface area contributed by atoms with Crippen molar-refractivity contribution in [1.29, 1.82) is 0 Å². The quantitative estimate of drug-likeness (QED) is 0.413. The second-order valence-corrected chi connectivity index (χ2v) is 5.47. The van der Waals surface area contributed by atoms with Crippen molar-refractivity contribution in [2.24, 2.45) is 10.8 Å². The maximum atomic E-state index is 9.62. The van der Waals surface area contributed by atoms with Gasteiger partial charge >= 0.3 is 0 Å². The molecule has 0 amide bonds. The molecule has 0 aliphatic heterocycles. The number of halogens is 1. The highest BCUT2D eigenvalue weighted by Crippen LogP contribution is 2.46. The predicted octanol–water partition coefficient (Wildman–Crippen LogP) is 4.68. The van der Waals surface area contributed by atoms with Crippen LogP contribution in [-0.4, -0.2) is 10.5 Å². The van der Waals surface area contributed by atoms with E-state index in [9.17, 15) is 5.11 Å². The molecule has 0 bridgehead atoms. The Labute approximate surface area is 98.8 Å². The van der Waals surface area contributed by atoms with Crippen molar-refractivity contribution in [2.45, 2.75) is 46.4 Å². The van der Waals surface area contributed by atoms with Crippen molar-refractivity contribution >= 4 is 11.6 Å². The minimum absolute atomic E-state index is 0.0362. The molecule has 0 saturated carbocycles. The maximum Gasteiger partial charge on any atom is 0.0885 e. The third-order valence-corrected chi connectivity index (χ3v) is 3.98. The summed E-state index contributed by atoms with van der Waals surface area (Å²) in [7, 11) is 0. The topological polar surface area (TPSA) is 20.2 Å². The minimum atomic E-state index is -0.238. The first-order chi connectivity index (χ1) is 6.71. The van der Waals surface area contributed by atoms with E-state index >= 15 is 0 Å². The SMILES string of the molecule is C=C[C@@](C)([C@H](C)Cl)C(C)(C)/C=C(/O)CC. The van der Waals surface area contributed by atoms with Gasteiger partial charge in [-0.15, -0.1) is 18.2 Å². The van der Waals surface area contributed by atoms with Crippen LogP contribution in [0.1, 0.15) is 41.0 Å². The van der Waals surface area contributed by atoms with Gasteiger partial charge in [0.1, 0.15) is 0 Å². The highest BCUT2D eigenvalue weighted by atomic mass is 35.5. The molecular formula is C13H23ClO. The normalized spacial score (nSPS) is 19.5. The van der Waals surface area contributed by atoms with Gasteiger partial charge < -0.3 is 5.11 Å². The first kappa shape index (κ1) is 14.6. The van der Waals surface area contributed by atoms with E-state index in [1.54, 1.807) is 0 Å². The molecule has 0 aliphatic carbocycles. The zero-order valence-corrected chi connectivity index (χ0v) is 11.2. The molecule has 0 aromatic heterocycles. The molecule has 0 rings (SSSR count). The second kappa shape index (κ2) is 5.07. The summed E-state index contributed by atoms with van der Waals surface area (Å²) >= 11 is 6.21. The molecule has 1 nitrogen and oxygen atoms in total. The van der Waals surface area contributed by atoms with Crippen molar-refractivity contribution < 1.29 is 5.11 Å². The standard InChI is InChI=1S/C13H23ClO/c1-7-11(15)9-12(4,5)13(6,8-2)10(3)14/h8-10,15H,2,7H2,1,3-6H3/b11-9+/t10-,13-/m0/s1. The van der Waals surface area contributed by atoms with Crippen molar-refractivity contribution in [3.05, 3.63) is 24.5 Å². The Kier molecular flexibility index (Phi) is 4.92. The van der Waals surface area contributed by atoms with Gasteiger partial charge in [-0.2, -0.15) is 0 Å². The predicted molar refractivity (Wildman–Crippen MR) is 68.4 cm³/mol. The van der Waals surface area contributed by atoms with E-state index in [1.165, 1.54) is 0 Å². The number of aliphatic hydroxyl groups excluding tert-OH is 1. The summed E-state index contributed by atoms with van der Waals surface area (Å²) in [6.45, 7) is 14.0. The summed E-state index contributed by atoms with van der Waals surface area (Å²) in [5, 5.41) is 9.58. The van der Waals surface area contributed by atoms with Crippen LogP contribution >= 0.6 is 11.6 Å². The van der Waals surface area contributed by atoms with Gasteiger partial charge in [-0.05, 0) is 18.4 Å². The van der Waals surface area contributed by atoms with E-state index in [4.69, 9.17) is 11.6 Å². The van der Waals surface area contributed by atoms with E-state index in [0.29, 0.717) is 12.2 Å². The molecule has 0 aromatic carbocycles. The third kappa shape index (κ3) is 3.01. The molecule has 2 heteroatoms. The number of hydrogen-bond donors (Lipinski definition) is 1. The molecule has 0 aliphatic rings. The van der Waals surface area contributed by atoms with E-state index < -0.39 is 0 Å². The molecule has 0 unspecified atom stereocenters. The number of allylic oxidation sites excluding steroid dienone is 3. The van der Waals surface area contributed by atoms with E-state index in [-0.39, 0.29) is 16.2 Å². The van der Waals surface area contributed by atoms with Gasteiger partial charge in [0.2, 0.25) is 0 Å². The molecule has 0 aromatic rings. The average molecular weight is 231 g/mol. The lowest BCUT2D eigenvalue weighted by molar-refractivity contribution is 0.195. The fourth-order valence-electron chi connectivity index (χ4n) is 1.61. The van der Waals surface area contributed by atoms with Crippen molar-refractivity contribution in [2.75, 3.05) is 0 Å². The van der Waals surface area contributed by atoms with Crippen LogP contribution in [0.4, 0.5) is 0 Å². The molecule has 0 saturated heterocycles. The van der Waals surface area contributed by atoms with Crippen LogP contribution in [-0.2, 0) is 0 Å². The summed E-state index contributed by atoms with van der Waals surface area (Å²) in [6.07, 6.45) is 4.41. The van der Waals surface area contributed by atoms with Crippen molar-refractivity contribution in [3.8, 4) is 0 Å². The highest BCUT2D eigenvalue weighted by Gasteiger charge is 2.41. The smallest absolute Gasteiger partial charge is 0.0885 e. The van der Waals surface area contributed by atoms with Gasteiger partial charge in [0.25, 0.3) is 0 Å². The first-order valence-corrected chi connectivity index (χ1v) is 5.83. The Morgan fingerprint density at radius 2 is 1.93 bits per heavy atom. The van der Waals surface area contributed by atoms with Gasteiger partial charge in [0, 0.05) is 17.2 Å². The number of alkyl halides is 1. The molecule has 0 radical (unpaired) electrons. The van der Waals surface area contributed by atoms with E-state index in [1.807, 2.05) is 26.0 Å². The molecule has 0 fully saturated rings. The minimum Gasteiger partial charge on any atom is -0.513 e. The molecule has 0 heterocycles. The van der Waals surface area contributed by atoms with Gasteiger partial charge in [0.15, 0.2) is 0 Å². The van der Waals surface area contributed by atoms with Crippen LogP contribution < -0.4 is 0 Å². The average Bonchev–Trinajstić information content (AvgIpc) is 2.14. The van der Waals surface area contributed by atoms with Crippen LogP contribution in [0.25, 0.3) is 0 Å². The van der Waals surface area contributed by atoms with Gasteiger partial charge in [0.05, 0.1) is 5.76 Å². The summed E-state index contributed by atoms with van der Waals surface area (Å²) in [6, 6.07) is 0. The summed E-state index contributed by atoms with van der Waals surface area (Å²) in [4.78, 5) is 0. The fourth-order valence-corrected chi connectivity index (χ4v) is 1.98. The first-order valence-electron chi connectivity index (χ1n) is 5.39. The molecule has 2 atom stereocenters. The Morgan fingerprint density at radius 3 is 2.20 bits per heavy atom. The third-order valence-electron chi connectivity index (χ3n) is 3.53. The Balaban J connectivity index is 5.23. The lowest BCUT2D eigenvalue weighted by atomic mass is 9.64. The Bertz CT molecular complexity index is 253. The van der Waals surface area contributed by atoms with Gasteiger partial charge in [-0.1, -0.05) is 33.8 Å². The molecular weight excluding hydrogens is 208 g/mol. The zero-order valence-electron chi connectivity index (χ0n) is 10.5. The highest BCUT2D eigenvalue weighted by molar-refractivity contribution is 6.21. The number of rotatable bonds is 5. The summed E-state index contributed by atoms with van der Waals surface area (Å²) in [5.74, 6) is 0.408. The Hall–Kier alpha value is -0.430. The van der Waals surface area contributed by atoms with Crippen LogP contribution in [0.2, 0.25) is 0 Å². The van der Waals surface area contributed by atoms with E-state index in [0.717, 1.165) is 0 Å². The molecule has 15 heavy (non-hydrogen) atoms. The van der Waals surface area contributed by atoms with Crippen molar-refractivity contribution in [3.63, 3.8) is 0 Å². The molecule has 0 spiro atoms. The lowest BCUT2D eigenvalue weighted by Crippen LogP contribution is -2.38. The summed E-state index contributed by atoms with van der Waals surface area (Å²) < 4.78 is 0. The van der Waals surface area contributed by atoms with Crippen LogP contribution in [0.5, 0.6) is 0 Å². The van der Waals surface area contributed by atoms with Crippen LogP contribution in [0, 0.1) is 10.8 Å². The zero-order chi connectivity index (χ0) is 12.3. The van der Waals surface area contributed by atoms with Crippen LogP contribution in [0.15, 0.2) is 24.5 Å². The fraction of sp³-hybridized carbons (Fsp3) is 0.692. The lowest BCUT2D eigenvalue weighted by Gasteiger charge is -2.42. The second-order valence-electron chi connectivity index (χ2n) is 4.81.